The number of allylic oxidation sites excluding steroid dienone is 1. The zero-order valence-electron chi connectivity index (χ0n) is 27.4. The highest BCUT2D eigenvalue weighted by Crippen LogP contribution is 2.27. The molecule has 0 amide bonds. The largest absolute Gasteiger partial charge is 0.258 e. The van der Waals surface area contributed by atoms with E-state index in [9.17, 15) is 0 Å². The van der Waals surface area contributed by atoms with Gasteiger partial charge in [-0.3, -0.25) is 5.43 Å². The SMILES string of the molecule is C=C(CCCCCCCCCCC(CCCCCCCCCC)N(C)NC)C(CCCC)CCCCCC. The third kappa shape index (κ3) is 23.5. The standard InChI is InChI=1S/C36H74N2/c1-7-10-13-15-16-20-23-27-32-36(38(6)37-5)33-28-24-21-18-17-19-22-25-29-34(4)35(30-12-9-3)31-26-14-11-8-2/h35-37H,4,7-33H2,1-3,5-6H3. The maximum Gasteiger partial charge on any atom is 0.0240 e. The van der Waals surface area contributed by atoms with Gasteiger partial charge in [0.05, 0.1) is 0 Å². The monoisotopic (exact) mass is 535 g/mol. The minimum absolute atomic E-state index is 0.709. The van der Waals surface area contributed by atoms with Crippen LogP contribution in [0.2, 0.25) is 0 Å². The molecule has 0 spiro atoms. The van der Waals surface area contributed by atoms with Crippen LogP contribution in [0.15, 0.2) is 12.2 Å². The lowest BCUT2D eigenvalue weighted by Crippen LogP contribution is -2.40. The second kappa shape index (κ2) is 29.6. The molecule has 0 aliphatic heterocycles. The van der Waals surface area contributed by atoms with Crippen molar-refractivity contribution < 1.29 is 0 Å². The molecular formula is C36H74N2. The molecule has 0 rings (SSSR count). The van der Waals surface area contributed by atoms with Crippen molar-refractivity contribution in [1.29, 1.82) is 0 Å². The van der Waals surface area contributed by atoms with Gasteiger partial charge in [-0.25, -0.2) is 5.01 Å². The first-order valence-electron chi connectivity index (χ1n) is 17.7. The maximum absolute atomic E-state index is 4.54. The Bertz CT molecular complexity index is 474. The summed E-state index contributed by atoms with van der Waals surface area (Å²) in [6.45, 7) is 11.5. The van der Waals surface area contributed by atoms with Crippen LogP contribution in [0.1, 0.15) is 194 Å². The Morgan fingerprint density at radius 3 is 1.37 bits per heavy atom. The van der Waals surface area contributed by atoms with Gasteiger partial charge in [0.25, 0.3) is 0 Å². The van der Waals surface area contributed by atoms with Crippen molar-refractivity contribution in [3.05, 3.63) is 12.2 Å². The zero-order chi connectivity index (χ0) is 28.1. The first-order chi connectivity index (χ1) is 18.6. The molecule has 0 fully saturated rings. The van der Waals surface area contributed by atoms with Crippen LogP contribution in [0.5, 0.6) is 0 Å². The van der Waals surface area contributed by atoms with Crippen molar-refractivity contribution in [3.8, 4) is 0 Å². The molecule has 0 radical (unpaired) electrons. The van der Waals surface area contributed by atoms with Crippen LogP contribution in [0.4, 0.5) is 0 Å². The number of hydrogen-bond acceptors (Lipinski definition) is 2. The number of hydrazine groups is 1. The number of rotatable bonds is 31. The lowest BCUT2D eigenvalue weighted by Gasteiger charge is -2.27. The highest BCUT2D eigenvalue weighted by atomic mass is 15.5. The number of hydrogen-bond donors (Lipinski definition) is 1. The Balaban J connectivity index is 3.83. The van der Waals surface area contributed by atoms with Gasteiger partial charge < -0.3 is 0 Å². The third-order valence-corrected chi connectivity index (χ3v) is 8.97. The maximum atomic E-state index is 4.54. The van der Waals surface area contributed by atoms with Gasteiger partial charge in [0.1, 0.15) is 0 Å². The highest BCUT2D eigenvalue weighted by Gasteiger charge is 2.13. The predicted octanol–water partition coefficient (Wildman–Crippen LogP) is 12.2. The smallest absolute Gasteiger partial charge is 0.0240 e. The summed E-state index contributed by atoms with van der Waals surface area (Å²) < 4.78 is 0. The van der Waals surface area contributed by atoms with Crippen LogP contribution >= 0.6 is 0 Å². The molecule has 0 aromatic rings. The average Bonchev–Trinajstić information content (AvgIpc) is 2.93. The fourth-order valence-corrected chi connectivity index (χ4v) is 6.05. The average molecular weight is 535 g/mol. The van der Waals surface area contributed by atoms with Crippen LogP contribution in [0, 0.1) is 5.92 Å². The van der Waals surface area contributed by atoms with E-state index in [0.717, 1.165) is 5.92 Å². The van der Waals surface area contributed by atoms with Gasteiger partial charge in [0.15, 0.2) is 0 Å². The van der Waals surface area contributed by atoms with Gasteiger partial charge in [-0.1, -0.05) is 168 Å². The Labute approximate surface area is 242 Å². The van der Waals surface area contributed by atoms with Crippen molar-refractivity contribution in [2.45, 2.75) is 200 Å². The van der Waals surface area contributed by atoms with Gasteiger partial charge in [-0.05, 0) is 51.5 Å². The van der Waals surface area contributed by atoms with E-state index in [4.69, 9.17) is 0 Å². The summed E-state index contributed by atoms with van der Waals surface area (Å²) in [6.07, 6.45) is 37.7. The minimum Gasteiger partial charge on any atom is -0.258 e. The number of unbranched alkanes of at least 4 members (excludes halogenated alkanes) is 18. The predicted molar refractivity (Wildman–Crippen MR) is 175 cm³/mol. The summed E-state index contributed by atoms with van der Waals surface area (Å²) in [5.74, 6) is 0.799. The quantitative estimate of drug-likeness (QED) is 0.0540. The van der Waals surface area contributed by atoms with E-state index < -0.39 is 0 Å². The normalized spacial score (nSPS) is 13.3. The van der Waals surface area contributed by atoms with E-state index in [1.165, 1.54) is 173 Å². The Hall–Kier alpha value is -0.340. The molecule has 0 bridgehead atoms. The Morgan fingerprint density at radius 2 is 0.895 bits per heavy atom. The lowest BCUT2D eigenvalue weighted by molar-refractivity contribution is 0.156. The molecule has 2 nitrogen and oxygen atoms in total. The van der Waals surface area contributed by atoms with E-state index >= 15 is 0 Å². The van der Waals surface area contributed by atoms with Gasteiger partial charge in [0.2, 0.25) is 0 Å². The molecule has 228 valence electrons. The molecule has 0 aliphatic carbocycles. The molecule has 0 saturated carbocycles. The van der Waals surface area contributed by atoms with Crippen molar-refractivity contribution in [3.63, 3.8) is 0 Å². The molecule has 0 aromatic carbocycles. The van der Waals surface area contributed by atoms with Crippen LogP contribution in [0.3, 0.4) is 0 Å². The van der Waals surface area contributed by atoms with Gasteiger partial charge >= 0.3 is 0 Å². The molecule has 2 atom stereocenters. The van der Waals surface area contributed by atoms with E-state index in [1.54, 1.807) is 5.57 Å². The van der Waals surface area contributed by atoms with Crippen LogP contribution < -0.4 is 5.43 Å². The summed E-state index contributed by atoms with van der Waals surface area (Å²) in [7, 11) is 4.32. The number of nitrogens with one attached hydrogen (secondary N) is 1. The Morgan fingerprint density at radius 1 is 0.526 bits per heavy atom. The van der Waals surface area contributed by atoms with Crippen molar-refractivity contribution in [2.75, 3.05) is 14.1 Å². The topological polar surface area (TPSA) is 15.3 Å². The Kier molecular flexibility index (Phi) is 29.4. The summed E-state index contributed by atoms with van der Waals surface area (Å²) in [5.41, 5.74) is 4.96. The van der Waals surface area contributed by atoms with Gasteiger partial charge in [-0.2, -0.15) is 0 Å². The van der Waals surface area contributed by atoms with E-state index in [0.29, 0.717) is 6.04 Å². The van der Waals surface area contributed by atoms with Crippen LogP contribution in [0.25, 0.3) is 0 Å². The van der Waals surface area contributed by atoms with E-state index in [1.807, 2.05) is 0 Å². The second-order valence-electron chi connectivity index (χ2n) is 12.5. The van der Waals surface area contributed by atoms with Crippen LogP contribution in [-0.2, 0) is 0 Å². The summed E-state index contributed by atoms with van der Waals surface area (Å²) in [6, 6.07) is 0.709. The van der Waals surface area contributed by atoms with E-state index in [2.05, 4.69) is 51.9 Å². The fraction of sp³-hybridized carbons (Fsp3) is 0.944. The van der Waals surface area contributed by atoms with Crippen molar-refractivity contribution in [1.82, 2.24) is 10.4 Å². The fourth-order valence-electron chi connectivity index (χ4n) is 6.05. The molecule has 0 aliphatic rings. The third-order valence-electron chi connectivity index (χ3n) is 8.97. The lowest BCUT2D eigenvalue weighted by atomic mass is 9.86. The molecule has 0 heterocycles. The van der Waals surface area contributed by atoms with Crippen molar-refractivity contribution in [2.24, 2.45) is 5.92 Å². The summed E-state index contributed by atoms with van der Waals surface area (Å²) in [4.78, 5) is 0. The van der Waals surface area contributed by atoms with Gasteiger partial charge in [-0.15, -0.1) is 0 Å². The molecule has 2 unspecified atom stereocenters. The van der Waals surface area contributed by atoms with Crippen LogP contribution in [-0.4, -0.2) is 25.1 Å². The molecule has 0 aromatic heterocycles. The molecule has 0 saturated heterocycles. The zero-order valence-corrected chi connectivity index (χ0v) is 27.4. The van der Waals surface area contributed by atoms with Gasteiger partial charge in [0, 0.05) is 13.1 Å². The first kappa shape index (κ1) is 37.7. The first-order valence-corrected chi connectivity index (χ1v) is 17.7. The van der Waals surface area contributed by atoms with Crippen molar-refractivity contribution >= 4 is 0 Å². The molecule has 1 N–H and O–H groups in total. The minimum atomic E-state index is 0.709. The molecule has 2 heteroatoms. The summed E-state index contributed by atoms with van der Waals surface area (Å²) >= 11 is 0. The number of nitrogens with zero attached hydrogens (tertiary/aromatic N) is 1. The second-order valence-corrected chi connectivity index (χ2v) is 12.5. The molecular weight excluding hydrogens is 460 g/mol. The summed E-state index contributed by atoms with van der Waals surface area (Å²) in [5, 5.41) is 2.37. The highest BCUT2D eigenvalue weighted by molar-refractivity contribution is 5.00. The molecule has 38 heavy (non-hydrogen) atoms. The van der Waals surface area contributed by atoms with E-state index in [-0.39, 0.29) is 0 Å².